The SMILES string of the molecule is O=C(Cc1csc(-c2cccs2)n1)NCC1NCCc2ccccc21. The van der Waals surface area contributed by atoms with Crippen LogP contribution in [0.5, 0.6) is 0 Å². The summed E-state index contributed by atoms with van der Waals surface area (Å²) < 4.78 is 0. The van der Waals surface area contributed by atoms with Crippen LogP contribution >= 0.6 is 22.7 Å². The summed E-state index contributed by atoms with van der Waals surface area (Å²) in [6, 6.07) is 12.7. The highest BCUT2D eigenvalue weighted by atomic mass is 32.1. The number of nitrogens with one attached hydrogen (secondary N) is 2. The van der Waals surface area contributed by atoms with E-state index < -0.39 is 0 Å². The Labute approximate surface area is 154 Å². The van der Waals surface area contributed by atoms with E-state index in [2.05, 4.69) is 45.9 Å². The van der Waals surface area contributed by atoms with E-state index in [0.717, 1.165) is 28.5 Å². The number of thiophene rings is 1. The maximum Gasteiger partial charge on any atom is 0.226 e. The third-order valence-corrected chi connectivity index (χ3v) is 6.27. The normalized spacial score (nSPS) is 16.4. The number of carbonyl (C=O) groups is 1. The Morgan fingerprint density at radius 2 is 2.16 bits per heavy atom. The van der Waals surface area contributed by atoms with Crippen LogP contribution in [0.2, 0.25) is 0 Å². The highest BCUT2D eigenvalue weighted by Gasteiger charge is 2.19. The molecule has 1 atom stereocenters. The summed E-state index contributed by atoms with van der Waals surface area (Å²) in [6.45, 7) is 1.56. The van der Waals surface area contributed by atoms with Crippen LogP contribution in [0, 0.1) is 0 Å². The summed E-state index contributed by atoms with van der Waals surface area (Å²) in [5.41, 5.74) is 3.51. The molecule has 25 heavy (non-hydrogen) atoms. The molecule has 0 aliphatic carbocycles. The smallest absolute Gasteiger partial charge is 0.226 e. The fourth-order valence-corrected chi connectivity index (χ4v) is 4.75. The van der Waals surface area contributed by atoms with Crippen molar-refractivity contribution in [1.82, 2.24) is 15.6 Å². The average molecular weight is 370 g/mol. The van der Waals surface area contributed by atoms with Crippen LogP contribution in [0.25, 0.3) is 9.88 Å². The van der Waals surface area contributed by atoms with Crippen molar-refractivity contribution in [1.29, 1.82) is 0 Å². The number of hydrogen-bond acceptors (Lipinski definition) is 5. The molecule has 1 aliphatic heterocycles. The van der Waals surface area contributed by atoms with Crippen LogP contribution in [0.3, 0.4) is 0 Å². The third-order valence-electron chi connectivity index (χ3n) is 4.34. The van der Waals surface area contributed by atoms with Gasteiger partial charge in [-0.3, -0.25) is 4.79 Å². The van der Waals surface area contributed by atoms with Gasteiger partial charge in [-0.2, -0.15) is 0 Å². The molecule has 0 saturated carbocycles. The molecule has 2 N–H and O–H groups in total. The monoisotopic (exact) mass is 369 g/mol. The molecule has 1 aromatic carbocycles. The second-order valence-corrected chi connectivity index (χ2v) is 7.86. The summed E-state index contributed by atoms with van der Waals surface area (Å²) in [5.74, 6) is 0.0212. The van der Waals surface area contributed by atoms with Crippen LogP contribution in [0.15, 0.2) is 47.2 Å². The van der Waals surface area contributed by atoms with Gasteiger partial charge in [0.25, 0.3) is 0 Å². The van der Waals surface area contributed by atoms with Gasteiger partial charge in [-0.15, -0.1) is 22.7 Å². The number of benzene rings is 1. The maximum atomic E-state index is 12.3. The Morgan fingerprint density at radius 1 is 1.24 bits per heavy atom. The molecule has 3 heterocycles. The summed E-state index contributed by atoms with van der Waals surface area (Å²) >= 11 is 3.26. The molecule has 0 saturated heterocycles. The first-order chi connectivity index (χ1) is 12.3. The Kier molecular flexibility index (Phi) is 4.92. The van der Waals surface area contributed by atoms with E-state index in [1.807, 2.05) is 16.8 Å². The van der Waals surface area contributed by atoms with Gasteiger partial charge in [0.15, 0.2) is 0 Å². The highest BCUT2D eigenvalue weighted by Crippen LogP contribution is 2.28. The van der Waals surface area contributed by atoms with Crippen molar-refractivity contribution in [2.24, 2.45) is 0 Å². The zero-order valence-electron chi connectivity index (χ0n) is 13.7. The maximum absolute atomic E-state index is 12.3. The van der Waals surface area contributed by atoms with Gasteiger partial charge in [0.2, 0.25) is 5.91 Å². The first kappa shape index (κ1) is 16.4. The number of amides is 1. The zero-order valence-corrected chi connectivity index (χ0v) is 15.3. The summed E-state index contributed by atoms with van der Waals surface area (Å²) in [5, 5.41) is 11.5. The van der Waals surface area contributed by atoms with Gasteiger partial charge in [0, 0.05) is 18.0 Å². The van der Waals surface area contributed by atoms with Gasteiger partial charge in [0.05, 0.1) is 17.0 Å². The minimum Gasteiger partial charge on any atom is -0.354 e. The number of rotatable bonds is 5. The summed E-state index contributed by atoms with van der Waals surface area (Å²) in [7, 11) is 0. The van der Waals surface area contributed by atoms with Crippen LogP contribution in [-0.2, 0) is 17.6 Å². The summed E-state index contributed by atoms with van der Waals surface area (Å²) in [4.78, 5) is 18.0. The predicted molar refractivity (Wildman–Crippen MR) is 103 cm³/mol. The molecule has 1 amide bonds. The number of carbonyl (C=O) groups excluding carboxylic acids is 1. The molecular weight excluding hydrogens is 350 g/mol. The molecule has 0 fully saturated rings. The predicted octanol–water partition coefficient (Wildman–Crippen LogP) is 3.42. The Hall–Kier alpha value is -2.02. The molecule has 2 aromatic heterocycles. The second kappa shape index (κ2) is 7.47. The lowest BCUT2D eigenvalue weighted by molar-refractivity contribution is -0.120. The number of aromatic nitrogens is 1. The Balaban J connectivity index is 1.34. The molecular formula is C19H19N3OS2. The van der Waals surface area contributed by atoms with E-state index in [1.165, 1.54) is 11.1 Å². The minimum absolute atomic E-state index is 0.0212. The fourth-order valence-electron chi connectivity index (χ4n) is 3.12. The minimum atomic E-state index is 0.0212. The van der Waals surface area contributed by atoms with E-state index in [4.69, 9.17) is 0 Å². The van der Waals surface area contributed by atoms with Gasteiger partial charge >= 0.3 is 0 Å². The largest absolute Gasteiger partial charge is 0.354 e. The number of nitrogens with zero attached hydrogens (tertiary/aromatic N) is 1. The van der Waals surface area contributed by atoms with Gasteiger partial charge in [-0.1, -0.05) is 30.3 Å². The fraction of sp³-hybridized carbons (Fsp3) is 0.263. The molecule has 0 spiro atoms. The van der Waals surface area contributed by atoms with Crippen molar-refractivity contribution in [3.63, 3.8) is 0 Å². The van der Waals surface area contributed by atoms with Crippen molar-refractivity contribution in [3.8, 4) is 9.88 Å². The van der Waals surface area contributed by atoms with Crippen molar-refractivity contribution in [2.75, 3.05) is 13.1 Å². The average Bonchev–Trinajstić information content (AvgIpc) is 3.31. The summed E-state index contributed by atoms with van der Waals surface area (Å²) in [6.07, 6.45) is 1.38. The molecule has 1 unspecified atom stereocenters. The van der Waals surface area contributed by atoms with Crippen LogP contribution in [0.1, 0.15) is 22.9 Å². The Bertz CT molecular complexity index is 857. The lowest BCUT2D eigenvalue weighted by Gasteiger charge is -2.27. The molecule has 4 nitrogen and oxygen atoms in total. The zero-order chi connectivity index (χ0) is 17.1. The number of hydrogen-bond donors (Lipinski definition) is 2. The van der Waals surface area contributed by atoms with E-state index in [1.54, 1.807) is 22.7 Å². The van der Waals surface area contributed by atoms with Gasteiger partial charge in [-0.05, 0) is 35.5 Å². The molecule has 0 bridgehead atoms. The van der Waals surface area contributed by atoms with Crippen molar-refractivity contribution in [2.45, 2.75) is 18.9 Å². The second-order valence-electron chi connectivity index (χ2n) is 6.06. The number of thiazole rings is 1. The van der Waals surface area contributed by atoms with E-state index in [9.17, 15) is 4.79 Å². The molecule has 0 radical (unpaired) electrons. The van der Waals surface area contributed by atoms with Crippen LogP contribution in [0.4, 0.5) is 0 Å². The topological polar surface area (TPSA) is 54.0 Å². The highest BCUT2D eigenvalue weighted by molar-refractivity contribution is 7.20. The van der Waals surface area contributed by atoms with E-state index in [-0.39, 0.29) is 11.9 Å². The first-order valence-corrected chi connectivity index (χ1v) is 10.1. The van der Waals surface area contributed by atoms with E-state index in [0.29, 0.717) is 13.0 Å². The number of fused-ring (bicyclic) bond motifs is 1. The molecule has 6 heteroatoms. The quantitative estimate of drug-likeness (QED) is 0.725. The van der Waals surface area contributed by atoms with E-state index >= 15 is 0 Å². The molecule has 3 aromatic rings. The lowest BCUT2D eigenvalue weighted by atomic mass is 9.94. The first-order valence-electron chi connectivity index (χ1n) is 8.36. The van der Waals surface area contributed by atoms with Crippen molar-refractivity contribution >= 4 is 28.6 Å². The molecule has 4 rings (SSSR count). The lowest BCUT2D eigenvalue weighted by Crippen LogP contribution is -2.39. The molecule has 1 aliphatic rings. The Morgan fingerprint density at radius 3 is 3.04 bits per heavy atom. The third kappa shape index (κ3) is 3.81. The van der Waals surface area contributed by atoms with Gasteiger partial charge in [0.1, 0.15) is 5.01 Å². The van der Waals surface area contributed by atoms with Crippen molar-refractivity contribution < 1.29 is 4.79 Å². The standard InChI is InChI=1S/C19H19N3OS2/c23-18(10-14-12-25-19(22-14)17-6-3-9-24-17)21-11-16-15-5-2-1-4-13(15)7-8-20-16/h1-6,9,12,16,20H,7-8,10-11H2,(H,21,23). The van der Waals surface area contributed by atoms with Gasteiger partial charge in [-0.25, -0.2) is 4.98 Å². The van der Waals surface area contributed by atoms with Crippen molar-refractivity contribution in [3.05, 3.63) is 64.0 Å². The van der Waals surface area contributed by atoms with Gasteiger partial charge < -0.3 is 10.6 Å². The van der Waals surface area contributed by atoms with Crippen LogP contribution in [-0.4, -0.2) is 24.0 Å². The van der Waals surface area contributed by atoms with Crippen LogP contribution < -0.4 is 10.6 Å². The molecule has 128 valence electrons.